The van der Waals surface area contributed by atoms with E-state index in [-0.39, 0.29) is 0 Å². The standard InChI is InChI=1S/C20H33N/c1-15(2)13-21-14-20(11-18(12-20)19(4,5)6)17-9-7-16(3)8-10-17/h7-10,15,18,21H,11-14H2,1-6H3. The molecular weight excluding hydrogens is 254 g/mol. The number of benzene rings is 1. The summed E-state index contributed by atoms with van der Waals surface area (Å²) >= 11 is 0. The molecule has 1 fully saturated rings. The lowest BCUT2D eigenvalue weighted by atomic mass is 9.52. The number of hydrogen-bond donors (Lipinski definition) is 1. The van der Waals surface area contributed by atoms with E-state index in [2.05, 4.69) is 71.1 Å². The Balaban J connectivity index is 2.11. The molecule has 1 aromatic rings. The van der Waals surface area contributed by atoms with Crippen molar-refractivity contribution in [1.82, 2.24) is 5.32 Å². The fraction of sp³-hybridized carbons (Fsp3) is 0.700. The number of nitrogens with one attached hydrogen (secondary N) is 1. The van der Waals surface area contributed by atoms with Gasteiger partial charge in [0.2, 0.25) is 0 Å². The Morgan fingerprint density at radius 3 is 2.19 bits per heavy atom. The maximum absolute atomic E-state index is 3.71. The molecule has 0 bridgehead atoms. The third kappa shape index (κ3) is 3.88. The average Bonchev–Trinajstić information content (AvgIpc) is 2.31. The van der Waals surface area contributed by atoms with Crippen LogP contribution in [0.1, 0.15) is 58.6 Å². The van der Waals surface area contributed by atoms with Crippen LogP contribution < -0.4 is 5.32 Å². The Hall–Kier alpha value is -0.820. The van der Waals surface area contributed by atoms with Gasteiger partial charge in [-0.3, -0.25) is 0 Å². The second-order valence-corrected chi connectivity index (χ2v) is 8.64. The molecule has 0 heterocycles. The maximum Gasteiger partial charge on any atom is 0.00834 e. The Morgan fingerprint density at radius 1 is 1.14 bits per heavy atom. The van der Waals surface area contributed by atoms with Crippen molar-refractivity contribution in [3.8, 4) is 0 Å². The molecule has 1 aromatic carbocycles. The van der Waals surface area contributed by atoms with Crippen LogP contribution in [-0.2, 0) is 5.41 Å². The highest BCUT2D eigenvalue weighted by atomic mass is 14.9. The summed E-state index contributed by atoms with van der Waals surface area (Å²) in [4.78, 5) is 0. The van der Waals surface area contributed by atoms with Crippen molar-refractivity contribution in [2.45, 2.75) is 59.8 Å². The molecule has 2 rings (SSSR count). The molecule has 0 aromatic heterocycles. The first-order valence-electron chi connectivity index (χ1n) is 8.51. The summed E-state index contributed by atoms with van der Waals surface area (Å²) in [6, 6.07) is 9.24. The molecule has 1 N–H and O–H groups in total. The van der Waals surface area contributed by atoms with E-state index < -0.39 is 0 Å². The third-order valence-corrected chi connectivity index (χ3v) is 5.18. The minimum atomic E-state index is 0.362. The van der Waals surface area contributed by atoms with Crippen molar-refractivity contribution >= 4 is 0 Å². The van der Waals surface area contributed by atoms with E-state index in [9.17, 15) is 0 Å². The maximum atomic E-state index is 3.71. The summed E-state index contributed by atoms with van der Waals surface area (Å²) < 4.78 is 0. The Bertz CT molecular complexity index is 444. The summed E-state index contributed by atoms with van der Waals surface area (Å²) in [5.41, 5.74) is 3.69. The number of hydrogen-bond acceptors (Lipinski definition) is 1. The number of aryl methyl sites for hydroxylation is 1. The van der Waals surface area contributed by atoms with Crippen LogP contribution >= 0.6 is 0 Å². The zero-order valence-electron chi connectivity index (χ0n) is 14.8. The van der Waals surface area contributed by atoms with E-state index in [0.29, 0.717) is 10.8 Å². The first-order valence-corrected chi connectivity index (χ1v) is 8.51. The van der Waals surface area contributed by atoms with Crippen molar-refractivity contribution in [2.75, 3.05) is 13.1 Å². The molecule has 21 heavy (non-hydrogen) atoms. The molecule has 0 radical (unpaired) electrons. The normalized spacial score (nSPS) is 26.0. The van der Waals surface area contributed by atoms with Crippen molar-refractivity contribution in [3.05, 3.63) is 35.4 Å². The molecule has 0 unspecified atom stereocenters. The van der Waals surface area contributed by atoms with Crippen LogP contribution in [0.15, 0.2) is 24.3 Å². The first-order chi connectivity index (χ1) is 9.73. The van der Waals surface area contributed by atoms with Gasteiger partial charge in [0.05, 0.1) is 0 Å². The first kappa shape index (κ1) is 16.5. The molecule has 0 aliphatic heterocycles. The largest absolute Gasteiger partial charge is 0.316 e. The van der Waals surface area contributed by atoms with Gasteiger partial charge in [0, 0.05) is 12.0 Å². The van der Waals surface area contributed by atoms with Gasteiger partial charge in [-0.1, -0.05) is 64.4 Å². The molecule has 118 valence electrons. The van der Waals surface area contributed by atoms with Crippen molar-refractivity contribution in [1.29, 1.82) is 0 Å². The molecule has 0 saturated heterocycles. The fourth-order valence-corrected chi connectivity index (χ4v) is 3.49. The zero-order valence-corrected chi connectivity index (χ0v) is 14.8. The molecule has 1 nitrogen and oxygen atoms in total. The van der Waals surface area contributed by atoms with Gasteiger partial charge in [0.25, 0.3) is 0 Å². The van der Waals surface area contributed by atoms with Crippen molar-refractivity contribution < 1.29 is 0 Å². The predicted octanol–water partition coefficient (Wildman–Crippen LogP) is 4.93. The summed E-state index contributed by atoms with van der Waals surface area (Å²) in [7, 11) is 0. The van der Waals surface area contributed by atoms with Gasteiger partial charge in [-0.05, 0) is 49.1 Å². The minimum Gasteiger partial charge on any atom is -0.316 e. The molecule has 0 amide bonds. The van der Waals surface area contributed by atoms with Crippen molar-refractivity contribution in [2.24, 2.45) is 17.3 Å². The van der Waals surface area contributed by atoms with Gasteiger partial charge in [-0.15, -0.1) is 0 Å². The van der Waals surface area contributed by atoms with E-state index in [1.54, 1.807) is 0 Å². The summed E-state index contributed by atoms with van der Waals surface area (Å²) in [6.07, 6.45) is 2.65. The third-order valence-electron chi connectivity index (χ3n) is 5.18. The average molecular weight is 287 g/mol. The predicted molar refractivity (Wildman–Crippen MR) is 92.7 cm³/mol. The van der Waals surface area contributed by atoms with Crippen LogP contribution in [-0.4, -0.2) is 13.1 Å². The van der Waals surface area contributed by atoms with Crippen LogP contribution in [0.4, 0.5) is 0 Å². The Labute approximate surface area is 131 Å². The Kier molecular flexibility index (Phi) is 4.82. The van der Waals surface area contributed by atoms with Gasteiger partial charge in [-0.25, -0.2) is 0 Å². The van der Waals surface area contributed by atoms with E-state index >= 15 is 0 Å². The smallest absolute Gasteiger partial charge is 0.00834 e. The lowest BCUT2D eigenvalue weighted by molar-refractivity contribution is 0.0445. The second kappa shape index (κ2) is 6.12. The van der Waals surface area contributed by atoms with E-state index in [0.717, 1.165) is 24.9 Å². The van der Waals surface area contributed by atoms with Gasteiger partial charge in [0.1, 0.15) is 0 Å². The van der Waals surface area contributed by atoms with Gasteiger partial charge >= 0.3 is 0 Å². The molecule has 0 spiro atoms. The minimum absolute atomic E-state index is 0.362. The molecule has 1 saturated carbocycles. The molecular formula is C20H33N. The van der Waals surface area contributed by atoms with Crippen LogP contribution in [0.2, 0.25) is 0 Å². The highest BCUT2D eigenvalue weighted by molar-refractivity contribution is 5.32. The van der Waals surface area contributed by atoms with Gasteiger partial charge < -0.3 is 5.32 Å². The van der Waals surface area contributed by atoms with Crippen LogP contribution in [0.25, 0.3) is 0 Å². The fourth-order valence-electron chi connectivity index (χ4n) is 3.49. The van der Waals surface area contributed by atoms with Gasteiger partial charge in [0.15, 0.2) is 0 Å². The SMILES string of the molecule is Cc1ccc(C2(CNCC(C)C)CC(C(C)(C)C)C2)cc1. The zero-order chi connectivity index (χ0) is 15.7. The van der Waals surface area contributed by atoms with Crippen molar-refractivity contribution in [3.63, 3.8) is 0 Å². The molecule has 1 aliphatic carbocycles. The highest BCUT2D eigenvalue weighted by Crippen LogP contribution is 2.54. The second-order valence-electron chi connectivity index (χ2n) is 8.64. The van der Waals surface area contributed by atoms with Crippen LogP contribution in [0.5, 0.6) is 0 Å². The van der Waals surface area contributed by atoms with E-state index in [1.165, 1.54) is 24.0 Å². The lowest BCUT2D eigenvalue weighted by Gasteiger charge is -2.53. The molecule has 1 aliphatic rings. The highest BCUT2D eigenvalue weighted by Gasteiger charge is 2.48. The summed E-state index contributed by atoms with van der Waals surface area (Å²) in [5.74, 6) is 1.57. The quantitative estimate of drug-likeness (QED) is 0.809. The summed E-state index contributed by atoms with van der Waals surface area (Å²) in [5, 5.41) is 3.71. The topological polar surface area (TPSA) is 12.0 Å². The molecule has 1 heteroatoms. The number of rotatable bonds is 5. The van der Waals surface area contributed by atoms with Crippen LogP contribution in [0.3, 0.4) is 0 Å². The van der Waals surface area contributed by atoms with E-state index in [4.69, 9.17) is 0 Å². The van der Waals surface area contributed by atoms with Gasteiger partial charge in [-0.2, -0.15) is 0 Å². The summed E-state index contributed by atoms with van der Waals surface area (Å²) in [6.45, 7) is 16.1. The Morgan fingerprint density at radius 2 is 1.71 bits per heavy atom. The monoisotopic (exact) mass is 287 g/mol. The lowest BCUT2D eigenvalue weighted by Crippen LogP contribution is -2.52. The van der Waals surface area contributed by atoms with Crippen LogP contribution in [0, 0.1) is 24.2 Å². The van der Waals surface area contributed by atoms with E-state index in [1.807, 2.05) is 0 Å². The molecule has 0 atom stereocenters.